The molecule has 0 aliphatic carbocycles. The molecule has 1 fully saturated rings. The normalized spacial score (nSPS) is 13.6. The summed E-state index contributed by atoms with van der Waals surface area (Å²) in [5, 5.41) is 10.5. The zero-order valence-corrected chi connectivity index (χ0v) is 17.5. The number of hydrogen-bond donors (Lipinski definition) is 1. The Hall–Kier alpha value is -3.74. The molecule has 0 unspecified atom stereocenters. The molecule has 0 radical (unpaired) electrons. The van der Waals surface area contributed by atoms with Crippen LogP contribution in [-0.4, -0.2) is 39.2 Å². The van der Waals surface area contributed by atoms with Crippen molar-refractivity contribution in [1.29, 1.82) is 0 Å². The quantitative estimate of drug-likeness (QED) is 0.665. The number of amides is 2. The van der Waals surface area contributed by atoms with Crippen LogP contribution in [0.25, 0.3) is 6.08 Å². The second kappa shape index (κ2) is 9.84. The third-order valence-electron chi connectivity index (χ3n) is 5.11. The molecular weight excluding hydrogens is 390 g/mol. The number of ether oxygens (including phenoxy) is 1. The lowest BCUT2D eigenvalue weighted by molar-refractivity contribution is 0.207. The Morgan fingerprint density at radius 2 is 2.03 bits per heavy atom. The van der Waals surface area contributed by atoms with E-state index >= 15 is 0 Å². The summed E-state index contributed by atoms with van der Waals surface area (Å²) in [7, 11) is 0. The van der Waals surface area contributed by atoms with Gasteiger partial charge in [0.15, 0.2) is 5.82 Å². The standard InChI is InChI=1S/C24H25N5O2/c1-18-7-8-21(16-25-18)17-31-22-5-2-4-20(15-22)14-19-9-12-29(13-10-19)24(30)27-23-6-3-11-26-28-23/h2-8,11,14-16H,9-10,12-13,17H2,1H3,(H,27,28,30). The van der Waals surface area contributed by atoms with E-state index in [4.69, 9.17) is 4.74 Å². The summed E-state index contributed by atoms with van der Waals surface area (Å²) in [5.74, 6) is 1.29. The van der Waals surface area contributed by atoms with Crippen molar-refractivity contribution >= 4 is 17.9 Å². The summed E-state index contributed by atoms with van der Waals surface area (Å²) >= 11 is 0. The molecule has 4 rings (SSSR count). The van der Waals surface area contributed by atoms with Crippen molar-refractivity contribution in [2.24, 2.45) is 0 Å². The molecule has 0 spiro atoms. The van der Waals surface area contributed by atoms with Gasteiger partial charge in [-0.25, -0.2) is 4.79 Å². The van der Waals surface area contributed by atoms with Crippen LogP contribution in [0.3, 0.4) is 0 Å². The first-order chi connectivity index (χ1) is 15.2. The number of rotatable bonds is 5. The molecule has 0 saturated carbocycles. The van der Waals surface area contributed by atoms with Crippen LogP contribution in [0.5, 0.6) is 5.75 Å². The smallest absolute Gasteiger partial charge is 0.323 e. The van der Waals surface area contributed by atoms with E-state index in [0.29, 0.717) is 25.5 Å². The van der Waals surface area contributed by atoms with Gasteiger partial charge in [0.25, 0.3) is 0 Å². The molecule has 1 aliphatic rings. The van der Waals surface area contributed by atoms with Gasteiger partial charge in [-0.2, -0.15) is 5.10 Å². The Labute approximate surface area is 181 Å². The molecule has 1 N–H and O–H groups in total. The number of urea groups is 1. The fraction of sp³-hybridized carbons (Fsp3) is 0.250. The predicted octanol–water partition coefficient (Wildman–Crippen LogP) is 4.47. The summed E-state index contributed by atoms with van der Waals surface area (Å²) < 4.78 is 5.93. The number of nitrogens with one attached hydrogen (secondary N) is 1. The lowest BCUT2D eigenvalue weighted by atomic mass is 10.0. The molecule has 3 aromatic rings. The SMILES string of the molecule is Cc1ccc(COc2cccc(C=C3CCN(C(=O)Nc4cccnn4)CC3)c2)cn1. The number of piperidine rings is 1. The molecule has 2 amide bonds. The highest BCUT2D eigenvalue weighted by atomic mass is 16.5. The van der Waals surface area contributed by atoms with Crippen molar-refractivity contribution in [2.75, 3.05) is 18.4 Å². The number of benzene rings is 1. The second-order valence-electron chi connectivity index (χ2n) is 7.50. The lowest BCUT2D eigenvalue weighted by Crippen LogP contribution is -2.39. The van der Waals surface area contributed by atoms with Crippen LogP contribution >= 0.6 is 0 Å². The minimum Gasteiger partial charge on any atom is -0.489 e. The van der Waals surface area contributed by atoms with Gasteiger partial charge in [-0.3, -0.25) is 10.3 Å². The summed E-state index contributed by atoms with van der Waals surface area (Å²) in [6.45, 7) is 3.81. The number of carbonyl (C=O) groups is 1. The van der Waals surface area contributed by atoms with E-state index in [2.05, 4.69) is 32.6 Å². The van der Waals surface area contributed by atoms with Gasteiger partial charge >= 0.3 is 6.03 Å². The third kappa shape index (κ3) is 5.88. The van der Waals surface area contributed by atoms with Gasteiger partial charge in [0.2, 0.25) is 0 Å². The fourth-order valence-electron chi connectivity index (χ4n) is 3.38. The fourth-order valence-corrected chi connectivity index (χ4v) is 3.38. The molecule has 3 heterocycles. The Morgan fingerprint density at radius 3 is 2.77 bits per heavy atom. The molecule has 158 valence electrons. The van der Waals surface area contributed by atoms with E-state index in [0.717, 1.165) is 35.4 Å². The zero-order chi connectivity index (χ0) is 21.5. The van der Waals surface area contributed by atoms with Crippen LogP contribution in [-0.2, 0) is 6.61 Å². The molecule has 2 aromatic heterocycles. The average molecular weight is 415 g/mol. The summed E-state index contributed by atoms with van der Waals surface area (Å²) in [6.07, 6.45) is 7.29. The molecule has 1 saturated heterocycles. The van der Waals surface area contributed by atoms with Gasteiger partial charge in [0, 0.05) is 36.7 Å². The minimum atomic E-state index is -0.138. The molecule has 1 aliphatic heterocycles. The zero-order valence-electron chi connectivity index (χ0n) is 17.5. The molecule has 0 bridgehead atoms. The van der Waals surface area contributed by atoms with E-state index in [-0.39, 0.29) is 6.03 Å². The summed E-state index contributed by atoms with van der Waals surface area (Å²) in [6, 6.07) is 15.4. The van der Waals surface area contributed by atoms with E-state index in [9.17, 15) is 4.79 Å². The van der Waals surface area contributed by atoms with E-state index in [1.54, 1.807) is 23.2 Å². The highest BCUT2D eigenvalue weighted by Gasteiger charge is 2.19. The van der Waals surface area contributed by atoms with Gasteiger partial charge < -0.3 is 9.64 Å². The van der Waals surface area contributed by atoms with Crippen molar-refractivity contribution in [1.82, 2.24) is 20.1 Å². The van der Waals surface area contributed by atoms with Crippen molar-refractivity contribution in [2.45, 2.75) is 26.4 Å². The van der Waals surface area contributed by atoms with Crippen LogP contribution in [0, 0.1) is 6.92 Å². The molecule has 31 heavy (non-hydrogen) atoms. The number of carbonyl (C=O) groups excluding carboxylic acids is 1. The maximum atomic E-state index is 12.4. The predicted molar refractivity (Wildman–Crippen MR) is 120 cm³/mol. The van der Waals surface area contributed by atoms with E-state index < -0.39 is 0 Å². The first kappa shape index (κ1) is 20.5. The largest absolute Gasteiger partial charge is 0.489 e. The maximum Gasteiger partial charge on any atom is 0.323 e. The molecule has 7 heteroatoms. The summed E-state index contributed by atoms with van der Waals surface area (Å²) in [5.41, 5.74) is 4.46. The van der Waals surface area contributed by atoms with Gasteiger partial charge in [-0.1, -0.05) is 29.8 Å². The first-order valence-corrected chi connectivity index (χ1v) is 10.3. The molecule has 7 nitrogen and oxygen atoms in total. The minimum absolute atomic E-state index is 0.138. The van der Waals surface area contributed by atoms with Gasteiger partial charge in [-0.15, -0.1) is 5.10 Å². The van der Waals surface area contributed by atoms with Crippen LogP contribution in [0.15, 0.2) is 66.5 Å². The Bertz CT molecular complexity index is 1040. The van der Waals surface area contributed by atoms with Crippen molar-refractivity contribution < 1.29 is 9.53 Å². The van der Waals surface area contributed by atoms with Gasteiger partial charge in [0.1, 0.15) is 12.4 Å². The topological polar surface area (TPSA) is 80.2 Å². The number of hydrogen-bond acceptors (Lipinski definition) is 5. The summed E-state index contributed by atoms with van der Waals surface area (Å²) in [4.78, 5) is 18.5. The average Bonchev–Trinajstić information content (AvgIpc) is 2.80. The van der Waals surface area contributed by atoms with Crippen molar-refractivity contribution in [3.63, 3.8) is 0 Å². The highest BCUT2D eigenvalue weighted by Crippen LogP contribution is 2.22. The molecule has 1 aromatic carbocycles. The Morgan fingerprint density at radius 1 is 1.16 bits per heavy atom. The molecule has 0 atom stereocenters. The maximum absolute atomic E-state index is 12.4. The number of aryl methyl sites for hydroxylation is 1. The van der Waals surface area contributed by atoms with E-state index in [1.807, 2.05) is 43.5 Å². The number of nitrogens with zero attached hydrogens (tertiary/aromatic N) is 4. The Balaban J connectivity index is 1.31. The molecular formula is C24H25N5O2. The van der Waals surface area contributed by atoms with Gasteiger partial charge in [0.05, 0.1) is 0 Å². The highest BCUT2D eigenvalue weighted by molar-refractivity contribution is 5.88. The first-order valence-electron chi connectivity index (χ1n) is 10.3. The van der Waals surface area contributed by atoms with E-state index in [1.165, 1.54) is 5.57 Å². The van der Waals surface area contributed by atoms with Crippen LogP contribution in [0.1, 0.15) is 29.7 Å². The van der Waals surface area contributed by atoms with Crippen LogP contribution < -0.4 is 10.1 Å². The second-order valence-corrected chi connectivity index (χ2v) is 7.50. The number of aromatic nitrogens is 3. The number of anilines is 1. The third-order valence-corrected chi connectivity index (χ3v) is 5.11. The van der Waals surface area contributed by atoms with Crippen LogP contribution in [0.2, 0.25) is 0 Å². The van der Waals surface area contributed by atoms with Crippen molar-refractivity contribution in [3.8, 4) is 5.75 Å². The van der Waals surface area contributed by atoms with Gasteiger partial charge in [-0.05, 0) is 55.7 Å². The van der Waals surface area contributed by atoms with Crippen LogP contribution in [0.4, 0.5) is 10.6 Å². The monoisotopic (exact) mass is 415 g/mol. The lowest BCUT2D eigenvalue weighted by Gasteiger charge is -2.28. The Kier molecular flexibility index (Phi) is 6.52. The van der Waals surface area contributed by atoms with Crippen molar-refractivity contribution in [3.05, 3.63) is 83.3 Å². The number of likely N-dealkylation sites (tertiary alicyclic amines) is 1. The number of pyridine rings is 1.